The van der Waals surface area contributed by atoms with Gasteiger partial charge in [-0.15, -0.1) is 0 Å². The molecule has 4 rings (SSSR count). The molecule has 2 heterocycles. The van der Waals surface area contributed by atoms with E-state index in [9.17, 15) is 9.59 Å². The summed E-state index contributed by atoms with van der Waals surface area (Å²) in [4.78, 5) is 30.8. The summed E-state index contributed by atoms with van der Waals surface area (Å²) in [6.07, 6.45) is 0.739. The summed E-state index contributed by atoms with van der Waals surface area (Å²) in [6.45, 7) is 1.98. The lowest BCUT2D eigenvalue weighted by Crippen LogP contribution is -2.12. The topological polar surface area (TPSA) is 117 Å². The number of nitrogens with zero attached hydrogens (tertiary/aromatic N) is 2. The van der Waals surface area contributed by atoms with Crippen LogP contribution in [-0.4, -0.2) is 26.1 Å². The fourth-order valence-electron chi connectivity index (χ4n) is 2.64. The first-order valence-electron chi connectivity index (χ1n) is 8.09. The fraction of sp³-hybridized carbons (Fsp3) is 0.111. The highest BCUT2D eigenvalue weighted by Gasteiger charge is 2.14. The normalized spacial score (nSPS) is 11.0. The maximum absolute atomic E-state index is 12.6. The molecule has 0 atom stereocenters. The van der Waals surface area contributed by atoms with E-state index >= 15 is 0 Å². The van der Waals surface area contributed by atoms with Gasteiger partial charge < -0.3 is 9.73 Å². The molecule has 0 saturated carbocycles. The molecular formula is C18H15N5O3. The second-order valence-corrected chi connectivity index (χ2v) is 5.68. The van der Waals surface area contributed by atoms with Gasteiger partial charge in [0.05, 0.1) is 11.2 Å². The van der Waals surface area contributed by atoms with Gasteiger partial charge in [-0.2, -0.15) is 5.10 Å². The van der Waals surface area contributed by atoms with Crippen molar-refractivity contribution in [3.63, 3.8) is 0 Å². The van der Waals surface area contributed by atoms with Gasteiger partial charge >= 0.3 is 5.76 Å². The lowest BCUT2D eigenvalue weighted by Gasteiger charge is -2.09. The molecular weight excluding hydrogens is 334 g/mol. The first-order valence-corrected chi connectivity index (χ1v) is 8.09. The highest BCUT2D eigenvalue weighted by molar-refractivity contribution is 6.07. The van der Waals surface area contributed by atoms with Gasteiger partial charge in [-0.05, 0) is 30.3 Å². The number of hydrogen-bond donors (Lipinski definition) is 3. The van der Waals surface area contributed by atoms with Gasteiger partial charge in [-0.1, -0.05) is 19.1 Å². The molecule has 2 aromatic carbocycles. The molecule has 0 radical (unpaired) electrons. The van der Waals surface area contributed by atoms with Crippen LogP contribution in [0.15, 0.2) is 51.7 Å². The smallest absolute Gasteiger partial charge is 0.408 e. The van der Waals surface area contributed by atoms with Crippen LogP contribution in [0.3, 0.4) is 0 Å². The van der Waals surface area contributed by atoms with E-state index in [-0.39, 0.29) is 5.91 Å². The molecule has 130 valence electrons. The Morgan fingerprint density at radius 2 is 2.08 bits per heavy atom. The average Bonchev–Trinajstić information content (AvgIpc) is 3.26. The molecule has 3 N–H and O–H groups in total. The van der Waals surface area contributed by atoms with Crippen LogP contribution in [-0.2, 0) is 6.42 Å². The van der Waals surface area contributed by atoms with Gasteiger partial charge in [-0.3, -0.25) is 14.9 Å². The average molecular weight is 349 g/mol. The summed E-state index contributed by atoms with van der Waals surface area (Å²) in [5.74, 6) is 0.410. The Balaban J connectivity index is 1.65. The second kappa shape index (κ2) is 6.32. The number of benzene rings is 2. The predicted molar refractivity (Wildman–Crippen MR) is 96.0 cm³/mol. The standard InChI is InChI=1S/C18H15N5O3/c1-2-15-21-16(23-22-15)11-5-3-4-6-12(11)19-17(24)10-7-8-13-14(9-10)26-18(25)20-13/h3-9H,2H2,1H3,(H,19,24)(H,20,25)(H,21,22,23). The van der Waals surface area contributed by atoms with Crippen molar-refractivity contribution in [2.45, 2.75) is 13.3 Å². The van der Waals surface area contributed by atoms with Crippen molar-refractivity contribution in [3.8, 4) is 11.4 Å². The summed E-state index contributed by atoms with van der Waals surface area (Å²) >= 11 is 0. The number of aryl methyl sites for hydroxylation is 1. The van der Waals surface area contributed by atoms with Crippen molar-refractivity contribution in [3.05, 3.63) is 64.4 Å². The summed E-state index contributed by atoms with van der Waals surface area (Å²) in [5.41, 5.74) is 2.55. The van der Waals surface area contributed by atoms with Crippen LogP contribution in [0.2, 0.25) is 0 Å². The highest BCUT2D eigenvalue weighted by atomic mass is 16.4. The number of anilines is 1. The van der Waals surface area contributed by atoms with Crippen LogP contribution in [0.4, 0.5) is 5.69 Å². The lowest BCUT2D eigenvalue weighted by atomic mass is 10.1. The fourth-order valence-corrected chi connectivity index (χ4v) is 2.64. The van der Waals surface area contributed by atoms with E-state index in [0.717, 1.165) is 12.2 Å². The first-order chi connectivity index (χ1) is 12.6. The van der Waals surface area contributed by atoms with Crippen LogP contribution in [0.1, 0.15) is 23.1 Å². The number of rotatable bonds is 4. The lowest BCUT2D eigenvalue weighted by molar-refractivity contribution is 0.102. The zero-order valence-corrected chi connectivity index (χ0v) is 13.9. The summed E-state index contributed by atoms with van der Waals surface area (Å²) in [6, 6.07) is 12.1. The molecule has 26 heavy (non-hydrogen) atoms. The third-order valence-electron chi connectivity index (χ3n) is 3.97. The largest absolute Gasteiger partial charge is 0.417 e. The van der Waals surface area contributed by atoms with E-state index in [0.29, 0.717) is 33.7 Å². The van der Waals surface area contributed by atoms with Crippen molar-refractivity contribution in [2.24, 2.45) is 0 Å². The van der Waals surface area contributed by atoms with E-state index in [1.54, 1.807) is 18.2 Å². The number of fused-ring (bicyclic) bond motifs is 1. The van der Waals surface area contributed by atoms with Crippen molar-refractivity contribution < 1.29 is 9.21 Å². The first kappa shape index (κ1) is 15.8. The molecule has 0 aliphatic carbocycles. The number of para-hydroxylation sites is 1. The molecule has 0 bridgehead atoms. The Labute approximate surface area is 147 Å². The van der Waals surface area contributed by atoms with Crippen LogP contribution in [0.5, 0.6) is 0 Å². The molecule has 0 aliphatic rings. The molecule has 0 spiro atoms. The number of aromatic amines is 2. The number of hydrogen-bond acceptors (Lipinski definition) is 5. The summed E-state index contributed by atoms with van der Waals surface area (Å²) in [5, 5.41) is 9.93. The number of carbonyl (C=O) groups is 1. The second-order valence-electron chi connectivity index (χ2n) is 5.68. The molecule has 0 aliphatic heterocycles. The van der Waals surface area contributed by atoms with E-state index in [1.807, 2.05) is 25.1 Å². The molecule has 0 fully saturated rings. The minimum Gasteiger partial charge on any atom is -0.408 e. The molecule has 0 unspecified atom stereocenters. The Morgan fingerprint density at radius 3 is 2.88 bits per heavy atom. The summed E-state index contributed by atoms with van der Waals surface area (Å²) < 4.78 is 5.00. The van der Waals surface area contributed by atoms with Gasteiger partial charge in [0.1, 0.15) is 5.82 Å². The third-order valence-corrected chi connectivity index (χ3v) is 3.97. The molecule has 4 aromatic rings. The molecule has 0 saturated heterocycles. The highest BCUT2D eigenvalue weighted by Crippen LogP contribution is 2.25. The number of amides is 1. The SMILES string of the molecule is CCc1nc(-c2ccccc2NC(=O)c2ccc3[nH]c(=O)oc3c2)n[nH]1. The Morgan fingerprint density at radius 1 is 1.23 bits per heavy atom. The Kier molecular flexibility index (Phi) is 3.85. The van der Waals surface area contributed by atoms with Gasteiger partial charge in [0, 0.05) is 17.5 Å². The van der Waals surface area contributed by atoms with Gasteiger partial charge in [-0.25, -0.2) is 9.78 Å². The monoisotopic (exact) mass is 349 g/mol. The zero-order chi connectivity index (χ0) is 18.1. The maximum atomic E-state index is 12.6. The molecule has 1 amide bonds. The van der Waals surface area contributed by atoms with Gasteiger partial charge in [0.15, 0.2) is 11.4 Å². The van der Waals surface area contributed by atoms with Crippen molar-refractivity contribution >= 4 is 22.7 Å². The van der Waals surface area contributed by atoms with E-state index in [1.165, 1.54) is 6.07 Å². The predicted octanol–water partition coefficient (Wildman–Crippen LogP) is 2.72. The van der Waals surface area contributed by atoms with Crippen LogP contribution >= 0.6 is 0 Å². The van der Waals surface area contributed by atoms with E-state index < -0.39 is 5.76 Å². The molecule has 8 nitrogen and oxygen atoms in total. The Hall–Kier alpha value is -3.68. The number of oxazole rings is 1. The van der Waals surface area contributed by atoms with Gasteiger partial charge in [0.2, 0.25) is 0 Å². The van der Waals surface area contributed by atoms with Crippen molar-refractivity contribution in [1.29, 1.82) is 0 Å². The number of H-pyrrole nitrogens is 2. The van der Waals surface area contributed by atoms with Crippen LogP contribution < -0.4 is 11.1 Å². The molecule has 8 heteroatoms. The quantitative estimate of drug-likeness (QED) is 0.524. The van der Waals surface area contributed by atoms with E-state index in [2.05, 4.69) is 25.5 Å². The zero-order valence-electron chi connectivity index (χ0n) is 13.9. The van der Waals surface area contributed by atoms with Crippen molar-refractivity contribution in [1.82, 2.24) is 20.2 Å². The number of aromatic nitrogens is 4. The van der Waals surface area contributed by atoms with Crippen molar-refractivity contribution in [2.75, 3.05) is 5.32 Å². The molecule has 2 aromatic heterocycles. The van der Waals surface area contributed by atoms with Crippen LogP contribution in [0, 0.1) is 0 Å². The third kappa shape index (κ3) is 2.88. The Bertz CT molecular complexity index is 1150. The minimum absolute atomic E-state index is 0.325. The van der Waals surface area contributed by atoms with E-state index in [4.69, 9.17) is 4.42 Å². The van der Waals surface area contributed by atoms with Crippen LogP contribution in [0.25, 0.3) is 22.5 Å². The number of nitrogens with one attached hydrogen (secondary N) is 3. The maximum Gasteiger partial charge on any atom is 0.417 e. The minimum atomic E-state index is -0.556. The summed E-state index contributed by atoms with van der Waals surface area (Å²) in [7, 11) is 0. The van der Waals surface area contributed by atoms with Gasteiger partial charge in [0.25, 0.3) is 5.91 Å². The number of carbonyl (C=O) groups excluding carboxylic acids is 1.